The van der Waals surface area contributed by atoms with E-state index < -0.39 is 18.0 Å². The lowest BCUT2D eigenvalue weighted by atomic mass is 10.1. The van der Waals surface area contributed by atoms with Gasteiger partial charge in [0.25, 0.3) is 0 Å². The van der Waals surface area contributed by atoms with Crippen molar-refractivity contribution in [1.82, 2.24) is 0 Å². The highest BCUT2D eigenvalue weighted by molar-refractivity contribution is 5.72. The summed E-state index contributed by atoms with van der Waals surface area (Å²) in [6.07, 6.45) is 56.6. The van der Waals surface area contributed by atoms with Gasteiger partial charge in [-0.2, -0.15) is 0 Å². The van der Waals surface area contributed by atoms with Crippen LogP contribution in [0.1, 0.15) is 143 Å². The number of ether oxygens (including phenoxy) is 3. The minimum atomic E-state index is -0.857. The zero-order valence-electron chi connectivity index (χ0n) is 33.9. The average Bonchev–Trinajstić information content (AvgIpc) is 3.17. The summed E-state index contributed by atoms with van der Waals surface area (Å²) >= 11 is 0. The molecular weight excluding hydrogens is 673 g/mol. The monoisotopic (exact) mass is 745 g/mol. The van der Waals surface area contributed by atoms with Crippen molar-refractivity contribution in [3.63, 3.8) is 0 Å². The Labute approximate surface area is 329 Å². The summed E-state index contributed by atoms with van der Waals surface area (Å²) in [5.74, 6) is -1.21. The maximum atomic E-state index is 12.6. The van der Waals surface area contributed by atoms with Crippen molar-refractivity contribution in [2.24, 2.45) is 0 Å². The van der Waals surface area contributed by atoms with Crippen LogP contribution in [-0.4, -0.2) is 37.2 Å². The summed E-state index contributed by atoms with van der Waals surface area (Å²) in [6.45, 7) is 6.11. The standard InChI is InChI=1S/C48H72O6/c1-4-7-10-13-16-19-21-22-23-24-25-27-29-32-35-38-41-47(50)53-44-45(43-52-46(49)40-37-34-31-28-18-15-12-9-6-3)54-48(51)42-39-36-33-30-26-20-17-14-11-8-5-2/h7,9-10,12,14,16-20,22-23,25-28,32,34-35,37,45H,4-6,8,11,13,15,21,24,29-31,33,36,38-44H2,1-3H3/b10-7-,12-9-,17-14-,19-16-,23-22-,26-20-,27-25-,28-18-,35-32-,37-34-. The zero-order chi connectivity index (χ0) is 39.4. The molecule has 0 aliphatic heterocycles. The van der Waals surface area contributed by atoms with E-state index in [0.29, 0.717) is 12.8 Å². The lowest BCUT2D eigenvalue weighted by molar-refractivity contribution is -0.166. The first-order chi connectivity index (χ1) is 26.5. The van der Waals surface area contributed by atoms with Crippen molar-refractivity contribution >= 4 is 17.9 Å². The molecule has 0 radical (unpaired) electrons. The Hall–Kier alpha value is -4.19. The third-order valence-corrected chi connectivity index (χ3v) is 7.76. The molecule has 300 valence electrons. The molecule has 0 spiro atoms. The molecule has 0 N–H and O–H groups in total. The summed E-state index contributed by atoms with van der Waals surface area (Å²) in [7, 11) is 0. The van der Waals surface area contributed by atoms with Crippen LogP contribution in [0.4, 0.5) is 0 Å². The SMILES string of the molecule is CC/C=C\C/C=C\C/C=C\C/C=C\C/C=C\CCC(=O)OCC(COC(=O)C/C=C\C/C=C\C/C=C\CC)OC(=O)CCCCC/C=C\C=C/CCCC. The van der Waals surface area contributed by atoms with Gasteiger partial charge in [0, 0.05) is 12.8 Å². The van der Waals surface area contributed by atoms with Gasteiger partial charge >= 0.3 is 17.9 Å². The molecule has 0 aliphatic rings. The van der Waals surface area contributed by atoms with Crippen LogP contribution in [0, 0.1) is 0 Å². The van der Waals surface area contributed by atoms with Crippen molar-refractivity contribution in [1.29, 1.82) is 0 Å². The third kappa shape index (κ3) is 39.0. The molecule has 0 aromatic heterocycles. The molecule has 6 heteroatoms. The molecule has 0 amide bonds. The number of allylic oxidation sites excluding steroid dienone is 19. The van der Waals surface area contributed by atoms with E-state index in [-0.39, 0.29) is 38.4 Å². The number of rotatable bonds is 34. The zero-order valence-corrected chi connectivity index (χ0v) is 33.9. The molecule has 54 heavy (non-hydrogen) atoms. The van der Waals surface area contributed by atoms with E-state index in [2.05, 4.69) is 118 Å². The van der Waals surface area contributed by atoms with Crippen molar-refractivity contribution in [3.05, 3.63) is 122 Å². The molecule has 0 fully saturated rings. The summed E-state index contributed by atoms with van der Waals surface area (Å²) in [5.41, 5.74) is 0. The normalized spacial score (nSPS) is 13.3. The van der Waals surface area contributed by atoms with Crippen LogP contribution >= 0.6 is 0 Å². The largest absolute Gasteiger partial charge is 0.462 e. The summed E-state index contributed by atoms with van der Waals surface area (Å²) in [4.78, 5) is 37.4. The van der Waals surface area contributed by atoms with E-state index in [1.54, 1.807) is 6.08 Å². The minimum absolute atomic E-state index is 0.111. The van der Waals surface area contributed by atoms with Gasteiger partial charge in [0.05, 0.1) is 6.42 Å². The lowest BCUT2D eigenvalue weighted by Gasteiger charge is -2.18. The van der Waals surface area contributed by atoms with E-state index >= 15 is 0 Å². The van der Waals surface area contributed by atoms with Gasteiger partial charge in [0.2, 0.25) is 0 Å². The van der Waals surface area contributed by atoms with Crippen LogP contribution in [0.5, 0.6) is 0 Å². The Morgan fingerprint density at radius 1 is 0.426 bits per heavy atom. The predicted octanol–water partition coefficient (Wildman–Crippen LogP) is 13.0. The average molecular weight is 745 g/mol. The maximum absolute atomic E-state index is 12.6. The molecule has 0 aromatic rings. The Morgan fingerprint density at radius 3 is 1.41 bits per heavy atom. The molecular formula is C48H72O6. The fraction of sp³-hybridized carbons (Fsp3) is 0.521. The summed E-state index contributed by atoms with van der Waals surface area (Å²) in [6, 6.07) is 0. The molecule has 0 saturated carbocycles. The van der Waals surface area contributed by atoms with Gasteiger partial charge < -0.3 is 14.2 Å². The number of esters is 3. The molecule has 1 atom stereocenters. The minimum Gasteiger partial charge on any atom is -0.462 e. The molecule has 0 saturated heterocycles. The van der Waals surface area contributed by atoms with Crippen molar-refractivity contribution in [3.8, 4) is 0 Å². The Morgan fingerprint density at radius 2 is 0.889 bits per heavy atom. The summed E-state index contributed by atoms with van der Waals surface area (Å²) < 4.78 is 16.4. The first-order valence-electron chi connectivity index (χ1n) is 20.6. The third-order valence-electron chi connectivity index (χ3n) is 7.76. The van der Waals surface area contributed by atoms with Crippen molar-refractivity contribution in [2.45, 2.75) is 149 Å². The van der Waals surface area contributed by atoms with Gasteiger partial charge in [-0.25, -0.2) is 0 Å². The summed E-state index contributed by atoms with van der Waals surface area (Å²) in [5, 5.41) is 0. The number of carbonyl (C=O) groups excluding carboxylic acids is 3. The second kappa shape index (κ2) is 41.6. The van der Waals surface area contributed by atoms with Crippen LogP contribution in [0.3, 0.4) is 0 Å². The second-order valence-electron chi connectivity index (χ2n) is 12.8. The van der Waals surface area contributed by atoms with Crippen molar-refractivity contribution in [2.75, 3.05) is 13.2 Å². The van der Waals surface area contributed by atoms with E-state index in [1.807, 2.05) is 18.2 Å². The van der Waals surface area contributed by atoms with Gasteiger partial charge in [-0.1, -0.05) is 162 Å². The van der Waals surface area contributed by atoms with Gasteiger partial charge in [-0.15, -0.1) is 0 Å². The van der Waals surface area contributed by atoms with Crippen LogP contribution in [-0.2, 0) is 28.6 Å². The highest BCUT2D eigenvalue weighted by Crippen LogP contribution is 2.09. The smallest absolute Gasteiger partial charge is 0.309 e. The Bertz CT molecular complexity index is 1220. The number of unbranched alkanes of at least 4 members (excludes halogenated alkanes) is 5. The van der Waals surface area contributed by atoms with Gasteiger partial charge in [-0.05, 0) is 83.5 Å². The molecule has 0 rings (SSSR count). The van der Waals surface area contributed by atoms with Gasteiger partial charge in [0.15, 0.2) is 6.10 Å². The lowest BCUT2D eigenvalue weighted by Crippen LogP contribution is -2.30. The molecule has 0 aromatic carbocycles. The Kier molecular flexibility index (Phi) is 38.3. The van der Waals surface area contributed by atoms with Crippen LogP contribution in [0.25, 0.3) is 0 Å². The molecule has 0 heterocycles. The fourth-order valence-electron chi connectivity index (χ4n) is 4.70. The predicted molar refractivity (Wildman–Crippen MR) is 228 cm³/mol. The van der Waals surface area contributed by atoms with Crippen LogP contribution in [0.2, 0.25) is 0 Å². The van der Waals surface area contributed by atoms with Crippen LogP contribution in [0.15, 0.2) is 122 Å². The Balaban J connectivity index is 4.63. The van der Waals surface area contributed by atoms with E-state index in [9.17, 15) is 14.4 Å². The quantitative estimate of drug-likeness (QED) is 0.0215. The number of carbonyl (C=O) groups is 3. The molecule has 6 nitrogen and oxygen atoms in total. The number of hydrogen-bond donors (Lipinski definition) is 0. The van der Waals surface area contributed by atoms with Crippen LogP contribution < -0.4 is 0 Å². The highest BCUT2D eigenvalue weighted by atomic mass is 16.6. The van der Waals surface area contributed by atoms with E-state index in [1.165, 1.54) is 12.8 Å². The molecule has 0 bridgehead atoms. The first-order valence-corrected chi connectivity index (χ1v) is 20.6. The highest BCUT2D eigenvalue weighted by Gasteiger charge is 2.19. The number of hydrogen-bond acceptors (Lipinski definition) is 6. The van der Waals surface area contributed by atoms with E-state index in [4.69, 9.17) is 14.2 Å². The van der Waals surface area contributed by atoms with Crippen molar-refractivity contribution < 1.29 is 28.6 Å². The second-order valence-corrected chi connectivity index (χ2v) is 12.8. The van der Waals surface area contributed by atoms with Gasteiger partial charge in [-0.3, -0.25) is 14.4 Å². The fourth-order valence-corrected chi connectivity index (χ4v) is 4.70. The maximum Gasteiger partial charge on any atom is 0.309 e. The van der Waals surface area contributed by atoms with E-state index in [0.717, 1.165) is 77.0 Å². The van der Waals surface area contributed by atoms with Gasteiger partial charge in [0.1, 0.15) is 13.2 Å². The first kappa shape index (κ1) is 49.8. The molecule has 0 aliphatic carbocycles. The molecule has 1 unspecified atom stereocenters. The topological polar surface area (TPSA) is 78.9 Å².